The number of rotatable bonds is 4. The molecule has 1 N–H and O–H groups in total. The minimum atomic E-state index is -1.67. The molecule has 2 atom stereocenters. The minimum absolute atomic E-state index is 0.287. The van der Waals surface area contributed by atoms with E-state index in [0.29, 0.717) is 12.0 Å². The van der Waals surface area contributed by atoms with E-state index in [0.717, 1.165) is 18.4 Å². The highest BCUT2D eigenvalue weighted by Gasteiger charge is 2.49. The van der Waals surface area contributed by atoms with Gasteiger partial charge < -0.3 is 9.84 Å². The van der Waals surface area contributed by atoms with E-state index in [1.54, 1.807) is 30.3 Å². The molecule has 1 fully saturated rings. The Hall–Kier alpha value is -1.94. The number of aliphatic hydroxyl groups is 1. The first-order valence-corrected chi connectivity index (χ1v) is 7.10. The van der Waals surface area contributed by atoms with Gasteiger partial charge in [0, 0.05) is 5.56 Å². The van der Waals surface area contributed by atoms with Gasteiger partial charge in [0.05, 0.1) is 13.0 Å². The summed E-state index contributed by atoms with van der Waals surface area (Å²) in [4.78, 5) is 24.5. The molecule has 0 amide bonds. The van der Waals surface area contributed by atoms with Crippen molar-refractivity contribution in [1.29, 1.82) is 0 Å². The van der Waals surface area contributed by atoms with E-state index >= 15 is 0 Å². The molecule has 1 saturated carbocycles. The molecule has 0 heterocycles. The van der Waals surface area contributed by atoms with Crippen molar-refractivity contribution in [2.75, 3.05) is 7.11 Å². The lowest BCUT2D eigenvalue weighted by molar-refractivity contribution is -0.155. The quantitative estimate of drug-likeness (QED) is 0.683. The second kappa shape index (κ2) is 6.22. The molecule has 1 aliphatic carbocycles. The molecular weight excluding hydrogens is 268 g/mol. The molecule has 0 bridgehead atoms. The molecule has 2 unspecified atom stereocenters. The van der Waals surface area contributed by atoms with Crippen molar-refractivity contribution in [2.24, 2.45) is 5.92 Å². The summed E-state index contributed by atoms with van der Waals surface area (Å²) < 4.78 is 4.74. The first-order valence-electron chi connectivity index (χ1n) is 7.10. The number of esters is 1. The largest absolute Gasteiger partial charge is 0.469 e. The van der Waals surface area contributed by atoms with Crippen LogP contribution in [0.4, 0.5) is 0 Å². The van der Waals surface area contributed by atoms with Crippen LogP contribution < -0.4 is 0 Å². The molecule has 0 radical (unpaired) electrons. The van der Waals surface area contributed by atoms with Gasteiger partial charge >= 0.3 is 5.97 Å². The normalized spacial score (nSPS) is 25.1. The Kier molecular flexibility index (Phi) is 4.58. The second-order valence-corrected chi connectivity index (χ2v) is 5.40. The molecule has 112 valence electrons. The van der Waals surface area contributed by atoms with Crippen molar-refractivity contribution in [3.8, 4) is 0 Å². The lowest BCUT2D eigenvalue weighted by Gasteiger charge is -2.36. The van der Waals surface area contributed by atoms with Gasteiger partial charge in [-0.2, -0.15) is 0 Å². The molecule has 2 rings (SSSR count). The smallest absolute Gasteiger partial charge is 0.312 e. The van der Waals surface area contributed by atoms with Crippen molar-refractivity contribution < 1.29 is 19.4 Å². The van der Waals surface area contributed by atoms with Crippen molar-refractivity contribution >= 4 is 17.8 Å². The zero-order valence-electron chi connectivity index (χ0n) is 12.2. The molecule has 0 aromatic heterocycles. The van der Waals surface area contributed by atoms with Crippen molar-refractivity contribution in [1.82, 2.24) is 0 Å². The van der Waals surface area contributed by atoms with Crippen LogP contribution in [0.15, 0.2) is 30.8 Å². The summed E-state index contributed by atoms with van der Waals surface area (Å²) in [5.41, 5.74) is -0.369. The van der Waals surface area contributed by atoms with E-state index in [2.05, 4.69) is 6.58 Å². The Balaban J connectivity index is 2.32. The summed E-state index contributed by atoms with van der Waals surface area (Å²) in [7, 11) is 1.28. The number of carbonyl (C=O) groups is 2. The van der Waals surface area contributed by atoms with Crippen LogP contribution in [0.1, 0.15) is 41.6 Å². The monoisotopic (exact) mass is 288 g/mol. The van der Waals surface area contributed by atoms with Crippen LogP contribution in [0.3, 0.4) is 0 Å². The zero-order chi connectivity index (χ0) is 15.5. The highest BCUT2D eigenvalue weighted by atomic mass is 16.5. The van der Waals surface area contributed by atoms with Crippen LogP contribution in [0.25, 0.3) is 6.08 Å². The van der Waals surface area contributed by atoms with Gasteiger partial charge in [-0.05, 0) is 18.4 Å². The SMILES string of the molecule is C=Cc1ccc(C(=O)C2(O)CCCCC2C(=O)OC)cc1. The summed E-state index contributed by atoms with van der Waals surface area (Å²) >= 11 is 0. The molecule has 4 nitrogen and oxygen atoms in total. The van der Waals surface area contributed by atoms with Crippen molar-refractivity contribution in [3.05, 3.63) is 42.0 Å². The topological polar surface area (TPSA) is 63.6 Å². The highest BCUT2D eigenvalue weighted by Crippen LogP contribution is 2.37. The number of ketones is 1. The molecule has 21 heavy (non-hydrogen) atoms. The van der Waals surface area contributed by atoms with Gasteiger partial charge in [0.25, 0.3) is 0 Å². The van der Waals surface area contributed by atoms with Crippen LogP contribution in [0.5, 0.6) is 0 Å². The molecule has 1 aliphatic rings. The summed E-state index contributed by atoms with van der Waals surface area (Å²) in [6, 6.07) is 6.83. The number of carbonyl (C=O) groups excluding carboxylic acids is 2. The Morgan fingerprint density at radius 3 is 2.57 bits per heavy atom. The van der Waals surface area contributed by atoms with Crippen LogP contribution in [-0.2, 0) is 9.53 Å². The Morgan fingerprint density at radius 1 is 1.33 bits per heavy atom. The fourth-order valence-corrected chi connectivity index (χ4v) is 2.90. The highest BCUT2D eigenvalue weighted by molar-refractivity contribution is 6.05. The van der Waals surface area contributed by atoms with E-state index in [9.17, 15) is 14.7 Å². The second-order valence-electron chi connectivity index (χ2n) is 5.40. The van der Waals surface area contributed by atoms with Gasteiger partial charge in [0.15, 0.2) is 5.78 Å². The lowest BCUT2D eigenvalue weighted by Crippen LogP contribution is -2.51. The number of hydrogen-bond acceptors (Lipinski definition) is 4. The van der Waals surface area contributed by atoms with Crippen molar-refractivity contribution in [3.63, 3.8) is 0 Å². The van der Waals surface area contributed by atoms with E-state index < -0.39 is 23.3 Å². The number of Topliss-reactive ketones (excluding diaryl/α,β-unsaturated/α-hetero) is 1. The maximum absolute atomic E-state index is 12.7. The summed E-state index contributed by atoms with van der Waals surface area (Å²) in [5, 5.41) is 10.8. The molecule has 0 saturated heterocycles. The van der Waals surface area contributed by atoms with E-state index in [-0.39, 0.29) is 6.42 Å². The third-order valence-corrected chi connectivity index (χ3v) is 4.16. The van der Waals surface area contributed by atoms with Crippen LogP contribution >= 0.6 is 0 Å². The first-order chi connectivity index (χ1) is 10.0. The molecule has 4 heteroatoms. The average molecular weight is 288 g/mol. The number of benzene rings is 1. The van der Waals surface area contributed by atoms with Gasteiger partial charge in [0.2, 0.25) is 0 Å². The first kappa shape index (κ1) is 15.4. The fourth-order valence-electron chi connectivity index (χ4n) is 2.90. The molecule has 1 aromatic carbocycles. The van der Waals surface area contributed by atoms with E-state index in [1.807, 2.05) is 0 Å². The maximum atomic E-state index is 12.7. The average Bonchev–Trinajstić information content (AvgIpc) is 2.54. The standard InChI is InChI=1S/C17H20O4/c1-3-12-7-9-13(10-8-12)15(18)17(20)11-5-4-6-14(17)16(19)21-2/h3,7-10,14,20H,1,4-6,11H2,2H3. The molecule has 1 aromatic rings. The molecule has 0 aliphatic heterocycles. The van der Waals surface area contributed by atoms with Crippen LogP contribution in [0.2, 0.25) is 0 Å². The fraction of sp³-hybridized carbons (Fsp3) is 0.412. The summed E-state index contributed by atoms with van der Waals surface area (Å²) in [6.07, 6.45) is 3.97. The van der Waals surface area contributed by atoms with E-state index in [4.69, 9.17) is 4.74 Å². The summed E-state index contributed by atoms with van der Waals surface area (Å²) in [5.74, 6) is -1.72. The lowest BCUT2D eigenvalue weighted by atomic mass is 9.71. The Morgan fingerprint density at radius 2 is 2.00 bits per heavy atom. The maximum Gasteiger partial charge on any atom is 0.312 e. The predicted octanol–water partition coefficient (Wildman–Crippen LogP) is 2.61. The van der Waals surface area contributed by atoms with Gasteiger partial charge in [0.1, 0.15) is 5.60 Å². The van der Waals surface area contributed by atoms with Crippen LogP contribution in [-0.4, -0.2) is 29.6 Å². The third kappa shape index (κ3) is 2.90. The number of methoxy groups -OCH3 is 1. The Bertz CT molecular complexity index is 546. The van der Waals surface area contributed by atoms with E-state index in [1.165, 1.54) is 7.11 Å². The van der Waals surface area contributed by atoms with Gasteiger partial charge in [-0.15, -0.1) is 0 Å². The van der Waals surface area contributed by atoms with Crippen LogP contribution in [0, 0.1) is 5.92 Å². The number of ether oxygens (including phenoxy) is 1. The summed E-state index contributed by atoms with van der Waals surface area (Å²) in [6.45, 7) is 3.66. The Labute approximate surface area is 124 Å². The molecular formula is C17H20O4. The van der Waals surface area contributed by atoms with Gasteiger partial charge in [-0.25, -0.2) is 0 Å². The predicted molar refractivity (Wildman–Crippen MR) is 79.8 cm³/mol. The van der Waals surface area contributed by atoms with Gasteiger partial charge in [-0.3, -0.25) is 9.59 Å². The van der Waals surface area contributed by atoms with Crippen molar-refractivity contribution in [2.45, 2.75) is 31.3 Å². The number of hydrogen-bond donors (Lipinski definition) is 1. The van der Waals surface area contributed by atoms with Gasteiger partial charge in [-0.1, -0.05) is 49.8 Å². The minimum Gasteiger partial charge on any atom is -0.469 e. The zero-order valence-corrected chi connectivity index (χ0v) is 12.2. The third-order valence-electron chi connectivity index (χ3n) is 4.16. The molecule has 0 spiro atoms.